The first-order valence-corrected chi connectivity index (χ1v) is 13.9. The van der Waals surface area contributed by atoms with Gasteiger partial charge in [-0.05, 0) is 49.6 Å². The lowest BCUT2D eigenvalue weighted by molar-refractivity contribution is -0.139. The predicted molar refractivity (Wildman–Crippen MR) is 139 cm³/mol. The van der Waals surface area contributed by atoms with E-state index in [-0.39, 0.29) is 29.9 Å². The van der Waals surface area contributed by atoms with E-state index in [2.05, 4.69) is 5.32 Å². The Kier molecular flexibility index (Phi) is 9.36. The minimum absolute atomic E-state index is 0.00872. The normalized spacial score (nSPS) is 14.6. The zero-order valence-electron chi connectivity index (χ0n) is 21.6. The maximum absolute atomic E-state index is 13.7. The summed E-state index contributed by atoms with van der Waals surface area (Å²) in [7, 11) is -1.11. The summed E-state index contributed by atoms with van der Waals surface area (Å²) in [6.07, 6.45) is 4.80. The highest BCUT2D eigenvalue weighted by Gasteiger charge is 2.32. The average Bonchev–Trinajstić information content (AvgIpc) is 3.38. The van der Waals surface area contributed by atoms with Crippen molar-refractivity contribution in [2.24, 2.45) is 0 Å². The van der Waals surface area contributed by atoms with Crippen LogP contribution < -0.4 is 19.1 Å². The molecular weight excluding hydrogens is 501 g/mol. The van der Waals surface area contributed by atoms with Crippen LogP contribution in [-0.2, 0) is 26.2 Å². The Morgan fingerprint density at radius 1 is 1.08 bits per heavy atom. The third-order valence-electron chi connectivity index (χ3n) is 6.47. The first-order chi connectivity index (χ1) is 17.5. The number of ether oxygens (including phenoxy) is 2. The van der Waals surface area contributed by atoms with Crippen molar-refractivity contribution >= 4 is 27.5 Å². The number of nitrogens with zero attached hydrogens (tertiary/aromatic N) is 2. The van der Waals surface area contributed by atoms with Gasteiger partial charge >= 0.3 is 0 Å². The van der Waals surface area contributed by atoms with Crippen LogP contribution in [0.3, 0.4) is 0 Å². The highest BCUT2D eigenvalue weighted by molar-refractivity contribution is 7.92. The number of carbonyl (C=O) groups is 2. The van der Waals surface area contributed by atoms with E-state index >= 15 is 0 Å². The molecule has 0 spiro atoms. The summed E-state index contributed by atoms with van der Waals surface area (Å²) in [6.45, 7) is 1.01. The van der Waals surface area contributed by atoms with Crippen LogP contribution in [0.2, 0.25) is 0 Å². The fourth-order valence-electron chi connectivity index (χ4n) is 4.35. The van der Waals surface area contributed by atoms with Crippen LogP contribution in [0.4, 0.5) is 10.1 Å². The van der Waals surface area contributed by atoms with E-state index in [9.17, 15) is 22.4 Å². The van der Waals surface area contributed by atoms with Gasteiger partial charge in [-0.3, -0.25) is 13.9 Å². The summed E-state index contributed by atoms with van der Waals surface area (Å²) in [4.78, 5) is 28.1. The number of rotatable bonds is 11. The molecule has 1 aliphatic carbocycles. The molecule has 2 aromatic carbocycles. The standard InChI is InChI=1S/C26H34FN3O6S/c1-18(26(32)28-21-7-5-6-8-21)29(16-19-9-11-20(27)12-10-19)25(31)17-30(37(4,33)34)23-15-22(35-2)13-14-24(23)36-3/h9-15,18,21H,5-8,16-17H2,1-4H3,(H,28,32). The lowest BCUT2D eigenvalue weighted by Crippen LogP contribution is -2.52. The molecule has 11 heteroatoms. The van der Waals surface area contributed by atoms with E-state index in [1.165, 1.54) is 49.5 Å². The van der Waals surface area contributed by atoms with Crippen molar-refractivity contribution in [1.82, 2.24) is 10.2 Å². The number of anilines is 1. The molecule has 1 fully saturated rings. The van der Waals surface area contributed by atoms with Crippen LogP contribution in [-0.4, -0.2) is 64.2 Å². The first kappa shape index (κ1) is 28.2. The number of hydrogen-bond acceptors (Lipinski definition) is 6. The zero-order chi connectivity index (χ0) is 27.2. The van der Waals surface area contributed by atoms with Gasteiger partial charge in [-0.2, -0.15) is 0 Å². The average molecular weight is 536 g/mol. The number of benzene rings is 2. The SMILES string of the molecule is COc1ccc(OC)c(N(CC(=O)N(Cc2ccc(F)cc2)C(C)C(=O)NC2CCCC2)S(C)(=O)=O)c1. The van der Waals surface area contributed by atoms with E-state index in [1.807, 2.05) is 0 Å². The monoisotopic (exact) mass is 535 g/mol. The van der Waals surface area contributed by atoms with Crippen LogP contribution >= 0.6 is 0 Å². The van der Waals surface area contributed by atoms with Crippen molar-refractivity contribution < 1.29 is 31.9 Å². The third-order valence-corrected chi connectivity index (χ3v) is 7.60. The molecule has 3 rings (SSSR count). The minimum atomic E-state index is -3.95. The second-order valence-corrected chi connectivity index (χ2v) is 11.0. The molecule has 202 valence electrons. The smallest absolute Gasteiger partial charge is 0.244 e. The molecule has 1 unspecified atom stereocenters. The molecule has 0 aliphatic heterocycles. The quantitative estimate of drug-likeness (QED) is 0.474. The molecule has 2 amide bonds. The molecule has 0 saturated heterocycles. The topological polar surface area (TPSA) is 105 Å². The number of nitrogens with one attached hydrogen (secondary N) is 1. The number of halogens is 1. The van der Waals surface area contributed by atoms with Crippen molar-refractivity contribution in [3.05, 3.63) is 53.8 Å². The third kappa shape index (κ3) is 7.34. The second-order valence-electron chi connectivity index (χ2n) is 9.12. The Balaban J connectivity index is 1.93. The molecule has 1 N–H and O–H groups in total. The molecule has 9 nitrogen and oxygen atoms in total. The van der Waals surface area contributed by atoms with E-state index in [0.717, 1.165) is 36.2 Å². The van der Waals surface area contributed by atoms with Gasteiger partial charge in [0, 0.05) is 18.7 Å². The Hall–Kier alpha value is -3.34. The molecule has 0 radical (unpaired) electrons. The highest BCUT2D eigenvalue weighted by Crippen LogP contribution is 2.34. The molecule has 37 heavy (non-hydrogen) atoms. The van der Waals surface area contributed by atoms with Crippen LogP contribution in [0, 0.1) is 5.82 Å². The van der Waals surface area contributed by atoms with Crippen LogP contribution in [0.25, 0.3) is 0 Å². The fraction of sp³-hybridized carbons (Fsp3) is 0.462. The molecule has 1 saturated carbocycles. The number of carbonyl (C=O) groups excluding carboxylic acids is 2. The Morgan fingerprint density at radius 3 is 2.30 bits per heavy atom. The van der Waals surface area contributed by atoms with Crippen molar-refractivity contribution in [2.75, 3.05) is 31.3 Å². The van der Waals surface area contributed by atoms with Gasteiger partial charge in [-0.15, -0.1) is 0 Å². The zero-order valence-corrected chi connectivity index (χ0v) is 22.4. The maximum Gasteiger partial charge on any atom is 0.244 e. The number of amides is 2. The Bertz CT molecular complexity index is 1200. The summed E-state index contributed by atoms with van der Waals surface area (Å²) in [6, 6.07) is 9.36. The lowest BCUT2D eigenvalue weighted by Gasteiger charge is -2.32. The van der Waals surface area contributed by atoms with Gasteiger partial charge in [-0.25, -0.2) is 12.8 Å². The molecule has 0 aromatic heterocycles. The van der Waals surface area contributed by atoms with Gasteiger partial charge in [0.25, 0.3) is 0 Å². The first-order valence-electron chi connectivity index (χ1n) is 12.1. The second kappa shape index (κ2) is 12.3. The molecular formula is C26H34FN3O6S. The largest absolute Gasteiger partial charge is 0.497 e. The summed E-state index contributed by atoms with van der Waals surface area (Å²) >= 11 is 0. The summed E-state index contributed by atoms with van der Waals surface area (Å²) in [5.74, 6) is -0.747. The van der Waals surface area contributed by atoms with Gasteiger partial charge in [0.2, 0.25) is 21.8 Å². The highest BCUT2D eigenvalue weighted by atomic mass is 32.2. The van der Waals surface area contributed by atoms with Crippen molar-refractivity contribution in [3.63, 3.8) is 0 Å². The van der Waals surface area contributed by atoms with Crippen LogP contribution in [0.5, 0.6) is 11.5 Å². The van der Waals surface area contributed by atoms with Crippen molar-refractivity contribution in [2.45, 2.75) is 51.2 Å². The number of methoxy groups -OCH3 is 2. The summed E-state index contributed by atoms with van der Waals surface area (Å²) in [5, 5.41) is 3.00. The molecule has 0 heterocycles. The predicted octanol–water partition coefficient (Wildman–Crippen LogP) is 3.09. The van der Waals surface area contributed by atoms with Gasteiger partial charge in [0.1, 0.15) is 29.9 Å². The molecule has 1 aliphatic rings. The Morgan fingerprint density at radius 2 is 1.73 bits per heavy atom. The maximum atomic E-state index is 13.7. The molecule has 0 bridgehead atoms. The number of hydrogen-bond donors (Lipinski definition) is 1. The van der Waals surface area contributed by atoms with Crippen LogP contribution in [0.15, 0.2) is 42.5 Å². The van der Waals surface area contributed by atoms with Gasteiger partial charge in [0.05, 0.1) is 26.2 Å². The van der Waals surface area contributed by atoms with E-state index in [1.54, 1.807) is 19.1 Å². The number of sulfonamides is 1. The Labute approximate surface area is 217 Å². The van der Waals surface area contributed by atoms with E-state index in [0.29, 0.717) is 11.3 Å². The summed E-state index contributed by atoms with van der Waals surface area (Å²) < 4.78 is 50.6. The summed E-state index contributed by atoms with van der Waals surface area (Å²) in [5.41, 5.74) is 0.725. The van der Waals surface area contributed by atoms with Gasteiger partial charge < -0.3 is 19.7 Å². The van der Waals surface area contributed by atoms with E-state index < -0.39 is 34.3 Å². The van der Waals surface area contributed by atoms with Crippen LogP contribution in [0.1, 0.15) is 38.2 Å². The van der Waals surface area contributed by atoms with Gasteiger partial charge in [0.15, 0.2) is 0 Å². The fourth-order valence-corrected chi connectivity index (χ4v) is 5.19. The molecule has 1 atom stereocenters. The minimum Gasteiger partial charge on any atom is -0.497 e. The van der Waals surface area contributed by atoms with E-state index in [4.69, 9.17) is 9.47 Å². The molecule has 2 aromatic rings. The van der Waals surface area contributed by atoms with Crippen molar-refractivity contribution in [3.8, 4) is 11.5 Å². The lowest BCUT2D eigenvalue weighted by atomic mass is 10.1. The van der Waals surface area contributed by atoms with Gasteiger partial charge in [-0.1, -0.05) is 25.0 Å². The van der Waals surface area contributed by atoms with Crippen molar-refractivity contribution in [1.29, 1.82) is 0 Å².